The average Bonchev–Trinajstić information content (AvgIpc) is 1.99. The second-order valence-electron chi connectivity index (χ2n) is 3.52. The molecule has 0 spiro atoms. The maximum Gasteiger partial charge on any atom is 0.115 e. The molecule has 1 fully saturated rings. The summed E-state index contributed by atoms with van der Waals surface area (Å²) < 4.78 is 0. The van der Waals surface area contributed by atoms with Crippen LogP contribution in [0.3, 0.4) is 0 Å². The SMILES string of the molecule is NC1CC(c2cccc(O)c2)C1. The van der Waals surface area contributed by atoms with Crippen molar-refractivity contribution in [2.75, 3.05) is 0 Å². The third-order valence-corrected chi connectivity index (χ3v) is 2.52. The molecule has 0 aliphatic heterocycles. The van der Waals surface area contributed by atoms with Crippen molar-refractivity contribution in [1.29, 1.82) is 0 Å². The van der Waals surface area contributed by atoms with E-state index in [1.54, 1.807) is 6.07 Å². The summed E-state index contributed by atoms with van der Waals surface area (Å²) >= 11 is 0. The van der Waals surface area contributed by atoms with Crippen molar-refractivity contribution in [3.63, 3.8) is 0 Å². The molecule has 1 aromatic rings. The van der Waals surface area contributed by atoms with Crippen LogP contribution in [0.5, 0.6) is 5.75 Å². The fourth-order valence-electron chi connectivity index (χ4n) is 1.71. The van der Waals surface area contributed by atoms with Gasteiger partial charge < -0.3 is 10.8 Å². The number of rotatable bonds is 1. The van der Waals surface area contributed by atoms with Crippen LogP contribution in [-0.2, 0) is 0 Å². The smallest absolute Gasteiger partial charge is 0.115 e. The molecule has 1 saturated carbocycles. The summed E-state index contributed by atoms with van der Waals surface area (Å²) in [6.07, 6.45) is 2.12. The number of hydrogen-bond acceptors (Lipinski definition) is 2. The molecule has 2 heteroatoms. The molecule has 0 heterocycles. The van der Waals surface area contributed by atoms with Crippen LogP contribution < -0.4 is 5.73 Å². The maximum atomic E-state index is 9.22. The fraction of sp³-hybridized carbons (Fsp3) is 0.400. The highest BCUT2D eigenvalue weighted by Crippen LogP contribution is 2.36. The van der Waals surface area contributed by atoms with Gasteiger partial charge in [-0.2, -0.15) is 0 Å². The first kappa shape index (κ1) is 7.62. The van der Waals surface area contributed by atoms with Gasteiger partial charge in [0.1, 0.15) is 5.75 Å². The van der Waals surface area contributed by atoms with Crippen LogP contribution >= 0.6 is 0 Å². The van der Waals surface area contributed by atoms with Gasteiger partial charge in [0.2, 0.25) is 0 Å². The largest absolute Gasteiger partial charge is 0.508 e. The van der Waals surface area contributed by atoms with Gasteiger partial charge in [-0.05, 0) is 36.5 Å². The number of aromatic hydroxyl groups is 1. The Hall–Kier alpha value is -1.02. The number of phenolic OH excluding ortho intramolecular Hbond substituents is 1. The van der Waals surface area contributed by atoms with E-state index in [0.717, 1.165) is 12.8 Å². The summed E-state index contributed by atoms with van der Waals surface area (Å²) in [5.74, 6) is 0.931. The van der Waals surface area contributed by atoms with Crippen LogP contribution in [0, 0.1) is 0 Å². The molecular weight excluding hydrogens is 150 g/mol. The van der Waals surface area contributed by atoms with Crippen LogP contribution in [0.4, 0.5) is 0 Å². The highest BCUT2D eigenvalue weighted by atomic mass is 16.3. The Labute approximate surface area is 72.0 Å². The Morgan fingerprint density at radius 2 is 2.08 bits per heavy atom. The lowest BCUT2D eigenvalue weighted by Gasteiger charge is -2.32. The van der Waals surface area contributed by atoms with Crippen molar-refractivity contribution in [3.8, 4) is 5.75 Å². The minimum atomic E-state index is 0.355. The van der Waals surface area contributed by atoms with E-state index in [1.165, 1.54) is 5.56 Å². The summed E-state index contributed by atoms with van der Waals surface area (Å²) in [4.78, 5) is 0. The normalized spacial score (nSPS) is 28.1. The van der Waals surface area contributed by atoms with Gasteiger partial charge in [0.25, 0.3) is 0 Å². The Kier molecular flexibility index (Phi) is 1.77. The second kappa shape index (κ2) is 2.79. The Morgan fingerprint density at radius 1 is 1.33 bits per heavy atom. The number of phenols is 1. The standard InChI is InChI=1S/C10H13NO/c11-9-4-8(5-9)7-2-1-3-10(12)6-7/h1-3,6,8-9,12H,4-5,11H2. The van der Waals surface area contributed by atoms with Gasteiger partial charge in [0.15, 0.2) is 0 Å². The van der Waals surface area contributed by atoms with Crippen LogP contribution in [0.15, 0.2) is 24.3 Å². The minimum Gasteiger partial charge on any atom is -0.508 e. The van der Waals surface area contributed by atoms with E-state index in [2.05, 4.69) is 6.07 Å². The first-order valence-corrected chi connectivity index (χ1v) is 4.30. The van der Waals surface area contributed by atoms with Crippen LogP contribution in [-0.4, -0.2) is 11.1 Å². The van der Waals surface area contributed by atoms with E-state index < -0.39 is 0 Å². The van der Waals surface area contributed by atoms with Gasteiger partial charge >= 0.3 is 0 Å². The van der Waals surface area contributed by atoms with Crippen LogP contribution in [0.1, 0.15) is 24.3 Å². The van der Waals surface area contributed by atoms with Crippen molar-refractivity contribution in [2.45, 2.75) is 24.8 Å². The molecule has 64 valence electrons. The molecule has 1 aromatic carbocycles. The molecule has 2 nitrogen and oxygen atoms in total. The lowest BCUT2D eigenvalue weighted by Crippen LogP contribution is -2.34. The van der Waals surface area contributed by atoms with Crippen molar-refractivity contribution < 1.29 is 5.11 Å². The number of hydrogen-bond donors (Lipinski definition) is 2. The zero-order valence-electron chi connectivity index (χ0n) is 6.90. The molecule has 0 atom stereocenters. The monoisotopic (exact) mass is 163 g/mol. The Bertz CT molecular complexity index is 279. The Morgan fingerprint density at radius 3 is 2.67 bits per heavy atom. The lowest BCUT2D eigenvalue weighted by molar-refractivity contribution is 0.350. The van der Waals surface area contributed by atoms with Gasteiger partial charge in [-0.25, -0.2) is 0 Å². The van der Waals surface area contributed by atoms with Crippen LogP contribution in [0.25, 0.3) is 0 Å². The van der Waals surface area contributed by atoms with Gasteiger partial charge in [-0.15, -0.1) is 0 Å². The molecular formula is C10H13NO. The Balaban J connectivity index is 2.13. The summed E-state index contributed by atoms with van der Waals surface area (Å²) in [6, 6.07) is 7.83. The summed E-state index contributed by atoms with van der Waals surface area (Å²) in [5, 5.41) is 9.22. The van der Waals surface area contributed by atoms with E-state index in [-0.39, 0.29) is 0 Å². The molecule has 12 heavy (non-hydrogen) atoms. The van der Waals surface area contributed by atoms with Gasteiger partial charge in [0, 0.05) is 6.04 Å². The van der Waals surface area contributed by atoms with E-state index >= 15 is 0 Å². The molecule has 1 aliphatic rings. The van der Waals surface area contributed by atoms with Crippen molar-refractivity contribution >= 4 is 0 Å². The number of benzene rings is 1. The molecule has 0 radical (unpaired) electrons. The van der Waals surface area contributed by atoms with E-state index in [4.69, 9.17) is 5.73 Å². The quantitative estimate of drug-likeness (QED) is 0.660. The zero-order chi connectivity index (χ0) is 8.55. The second-order valence-corrected chi connectivity index (χ2v) is 3.52. The van der Waals surface area contributed by atoms with E-state index in [1.807, 2.05) is 12.1 Å². The summed E-state index contributed by atoms with van der Waals surface area (Å²) in [5.41, 5.74) is 6.90. The maximum absolute atomic E-state index is 9.22. The highest BCUT2D eigenvalue weighted by Gasteiger charge is 2.27. The van der Waals surface area contributed by atoms with Gasteiger partial charge in [-0.3, -0.25) is 0 Å². The van der Waals surface area contributed by atoms with Gasteiger partial charge in [0.05, 0.1) is 0 Å². The highest BCUT2D eigenvalue weighted by molar-refractivity contribution is 5.31. The molecule has 1 aliphatic carbocycles. The predicted molar refractivity (Wildman–Crippen MR) is 48.1 cm³/mol. The summed E-state index contributed by atoms with van der Waals surface area (Å²) in [6.45, 7) is 0. The fourth-order valence-corrected chi connectivity index (χ4v) is 1.71. The molecule has 0 saturated heterocycles. The molecule has 0 bridgehead atoms. The van der Waals surface area contributed by atoms with Crippen molar-refractivity contribution in [1.82, 2.24) is 0 Å². The third kappa shape index (κ3) is 1.30. The van der Waals surface area contributed by atoms with Gasteiger partial charge in [-0.1, -0.05) is 12.1 Å². The molecule has 2 rings (SSSR count). The molecule has 0 aromatic heterocycles. The number of nitrogens with two attached hydrogens (primary N) is 1. The minimum absolute atomic E-state index is 0.355. The van der Waals surface area contributed by atoms with Crippen molar-refractivity contribution in [2.24, 2.45) is 5.73 Å². The van der Waals surface area contributed by atoms with E-state index in [0.29, 0.717) is 17.7 Å². The first-order valence-electron chi connectivity index (χ1n) is 4.30. The molecule has 0 amide bonds. The summed E-state index contributed by atoms with van der Waals surface area (Å²) in [7, 11) is 0. The first-order chi connectivity index (χ1) is 5.75. The van der Waals surface area contributed by atoms with Crippen LogP contribution in [0.2, 0.25) is 0 Å². The molecule has 3 N–H and O–H groups in total. The topological polar surface area (TPSA) is 46.2 Å². The average molecular weight is 163 g/mol. The molecule has 0 unspecified atom stereocenters. The predicted octanol–water partition coefficient (Wildman–Crippen LogP) is 1.60. The third-order valence-electron chi connectivity index (χ3n) is 2.52. The van der Waals surface area contributed by atoms with Crippen molar-refractivity contribution in [3.05, 3.63) is 29.8 Å². The lowest BCUT2D eigenvalue weighted by atomic mass is 9.76. The zero-order valence-corrected chi connectivity index (χ0v) is 6.90. The van der Waals surface area contributed by atoms with E-state index in [9.17, 15) is 5.11 Å².